The predicted molar refractivity (Wildman–Crippen MR) is 77.5 cm³/mol. The summed E-state index contributed by atoms with van der Waals surface area (Å²) in [6.07, 6.45) is 3.63. The lowest BCUT2D eigenvalue weighted by Gasteiger charge is -2.25. The van der Waals surface area contributed by atoms with E-state index in [1.165, 1.54) is 0 Å². The Morgan fingerprint density at radius 3 is 2.75 bits per heavy atom. The highest BCUT2D eigenvalue weighted by Gasteiger charge is 2.20. The van der Waals surface area contributed by atoms with Crippen molar-refractivity contribution >= 4 is 5.91 Å². The van der Waals surface area contributed by atoms with Crippen LogP contribution in [0.15, 0.2) is 24.3 Å². The van der Waals surface area contributed by atoms with Crippen molar-refractivity contribution in [2.75, 3.05) is 13.7 Å². The summed E-state index contributed by atoms with van der Waals surface area (Å²) >= 11 is 0. The molecule has 0 heterocycles. The Balaban J connectivity index is 1.82. The van der Waals surface area contributed by atoms with Crippen LogP contribution in [0.4, 0.5) is 0 Å². The minimum atomic E-state index is -0.195. The molecule has 0 saturated heterocycles. The Hall–Kier alpha value is -1.39. The number of hydrogen-bond acceptors (Lipinski definition) is 3. The van der Waals surface area contributed by atoms with Crippen LogP contribution in [0.5, 0.6) is 0 Å². The number of benzene rings is 1. The van der Waals surface area contributed by atoms with Crippen LogP contribution in [-0.4, -0.2) is 30.8 Å². The number of ether oxygens (including phenoxy) is 1. The molecule has 2 unspecified atom stereocenters. The van der Waals surface area contributed by atoms with E-state index in [2.05, 4.69) is 5.32 Å². The molecule has 2 rings (SSSR count). The van der Waals surface area contributed by atoms with Crippen molar-refractivity contribution in [3.8, 4) is 0 Å². The van der Waals surface area contributed by atoms with Crippen LogP contribution >= 0.6 is 0 Å². The Morgan fingerprint density at radius 2 is 2.10 bits per heavy atom. The second kappa shape index (κ2) is 7.41. The van der Waals surface area contributed by atoms with E-state index in [-0.39, 0.29) is 12.0 Å². The number of carbonyl (C=O) groups excluding carboxylic acids is 1. The molecule has 4 nitrogen and oxygen atoms in total. The van der Waals surface area contributed by atoms with E-state index in [4.69, 9.17) is 4.74 Å². The fourth-order valence-electron chi connectivity index (χ4n) is 2.71. The Kier molecular flexibility index (Phi) is 5.56. The monoisotopic (exact) mass is 277 g/mol. The molecule has 1 aliphatic carbocycles. The molecule has 1 saturated carbocycles. The number of nitrogens with one attached hydrogen (secondary N) is 1. The third-order valence-corrected chi connectivity index (χ3v) is 3.83. The topological polar surface area (TPSA) is 58.6 Å². The lowest BCUT2D eigenvalue weighted by molar-refractivity contribution is 0.0873. The highest BCUT2D eigenvalue weighted by molar-refractivity contribution is 5.94. The fourth-order valence-corrected chi connectivity index (χ4v) is 2.71. The Labute approximate surface area is 120 Å². The van der Waals surface area contributed by atoms with Gasteiger partial charge < -0.3 is 15.2 Å². The normalized spacial score (nSPS) is 22.5. The van der Waals surface area contributed by atoms with Gasteiger partial charge in [0.05, 0.1) is 12.7 Å². The van der Waals surface area contributed by atoms with Crippen LogP contribution in [0.3, 0.4) is 0 Å². The summed E-state index contributed by atoms with van der Waals surface area (Å²) in [4.78, 5) is 12.0. The van der Waals surface area contributed by atoms with E-state index in [9.17, 15) is 9.90 Å². The second-order valence-electron chi connectivity index (χ2n) is 5.53. The summed E-state index contributed by atoms with van der Waals surface area (Å²) in [5.41, 5.74) is 1.72. The average Bonchev–Trinajstić information content (AvgIpc) is 2.46. The van der Waals surface area contributed by atoms with E-state index in [1.54, 1.807) is 7.11 Å². The van der Waals surface area contributed by atoms with Crippen molar-refractivity contribution in [2.24, 2.45) is 5.92 Å². The highest BCUT2D eigenvalue weighted by Crippen LogP contribution is 2.23. The predicted octanol–water partition coefficient (Wildman–Crippen LogP) is 2.11. The Morgan fingerprint density at radius 1 is 1.35 bits per heavy atom. The minimum Gasteiger partial charge on any atom is -0.393 e. The number of aliphatic hydroxyl groups is 1. The van der Waals surface area contributed by atoms with Crippen molar-refractivity contribution in [3.63, 3.8) is 0 Å². The standard InChI is InChI=1S/C16H23NO3/c1-20-11-12-5-7-14(8-6-12)16(19)17-10-13-3-2-4-15(18)9-13/h5-8,13,15,18H,2-4,9-11H2,1H3,(H,17,19). The zero-order valence-electron chi connectivity index (χ0n) is 12.0. The van der Waals surface area contributed by atoms with Gasteiger partial charge >= 0.3 is 0 Å². The summed E-state index contributed by atoms with van der Waals surface area (Å²) in [7, 11) is 1.65. The molecule has 0 aliphatic heterocycles. The van der Waals surface area contributed by atoms with Crippen LogP contribution in [0, 0.1) is 5.92 Å². The molecule has 1 aromatic rings. The molecule has 4 heteroatoms. The molecule has 1 aromatic carbocycles. The molecular weight excluding hydrogens is 254 g/mol. The zero-order valence-corrected chi connectivity index (χ0v) is 12.0. The molecule has 110 valence electrons. The largest absolute Gasteiger partial charge is 0.393 e. The second-order valence-corrected chi connectivity index (χ2v) is 5.53. The minimum absolute atomic E-state index is 0.0472. The molecule has 0 bridgehead atoms. The van der Waals surface area contributed by atoms with Gasteiger partial charge in [-0.25, -0.2) is 0 Å². The first-order chi connectivity index (χ1) is 9.69. The molecule has 20 heavy (non-hydrogen) atoms. The van der Waals surface area contributed by atoms with Gasteiger partial charge in [0.25, 0.3) is 5.91 Å². The lowest BCUT2D eigenvalue weighted by Crippen LogP contribution is -2.32. The summed E-state index contributed by atoms with van der Waals surface area (Å²) in [6.45, 7) is 1.21. The van der Waals surface area contributed by atoms with Gasteiger partial charge in [-0.2, -0.15) is 0 Å². The van der Waals surface area contributed by atoms with E-state index in [0.717, 1.165) is 31.2 Å². The first-order valence-corrected chi connectivity index (χ1v) is 7.23. The summed E-state index contributed by atoms with van der Waals surface area (Å²) in [6, 6.07) is 7.45. The third-order valence-electron chi connectivity index (χ3n) is 3.83. The first-order valence-electron chi connectivity index (χ1n) is 7.23. The molecule has 0 aromatic heterocycles. The van der Waals surface area contributed by atoms with Crippen molar-refractivity contribution in [3.05, 3.63) is 35.4 Å². The van der Waals surface area contributed by atoms with Crippen LogP contribution in [0.25, 0.3) is 0 Å². The van der Waals surface area contributed by atoms with Crippen LogP contribution in [0.1, 0.15) is 41.6 Å². The van der Waals surface area contributed by atoms with Crippen molar-refractivity contribution in [1.82, 2.24) is 5.32 Å². The third kappa shape index (κ3) is 4.32. The van der Waals surface area contributed by atoms with Gasteiger partial charge in [0.2, 0.25) is 0 Å². The number of rotatable bonds is 5. The van der Waals surface area contributed by atoms with Gasteiger partial charge in [0.15, 0.2) is 0 Å². The maximum atomic E-state index is 12.0. The van der Waals surface area contributed by atoms with Crippen molar-refractivity contribution in [1.29, 1.82) is 0 Å². The van der Waals surface area contributed by atoms with E-state index < -0.39 is 0 Å². The first kappa shape index (κ1) is 15.0. The molecule has 1 aliphatic rings. The lowest BCUT2D eigenvalue weighted by atomic mass is 9.87. The smallest absolute Gasteiger partial charge is 0.251 e. The molecule has 2 N–H and O–H groups in total. The number of hydrogen-bond donors (Lipinski definition) is 2. The van der Waals surface area contributed by atoms with Gasteiger partial charge in [-0.3, -0.25) is 4.79 Å². The number of methoxy groups -OCH3 is 1. The van der Waals surface area contributed by atoms with Gasteiger partial charge in [0.1, 0.15) is 0 Å². The van der Waals surface area contributed by atoms with E-state index in [0.29, 0.717) is 24.6 Å². The molecular formula is C16H23NO3. The fraction of sp³-hybridized carbons (Fsp3) is 0.562. The number of aliphatic hydroxyl groups excluding tert-OH is 1. The molecule has 2 atom stereocenters. The molecule has 1 amide bonds. The zero-order chi connectivity index (χ0) is 14.4. The molecule has 0 radical (unpaired) electrons. The summed E-state index contributed by atoms with van der Waals surface area (Å²) < 4.78 is 5.04. The van der Waals surface area contributed by atoms with Crippen molar-refractivity contribution in [2.45, 2.75) is 38.4 Å². The highest BCUT2D eigenvalue weighted by atomic mass is 16.5. The van der Waals surface area contributed by atoms with Gasteiger partial charge in [-0.15, -0.1) is 0 Å². The van der Waals surface area contributed by atoms with Crippen LogP contribution in [-0.2, 0) is 11.3 Å². The van der Waals surface area contributed by atoms with E-state index >= 15 is 0 Å². The molecule has 1 fully saturated rings. The number of amides is 1. The summed E-state index contributed by atoms with van der Waals surface area (Å²) in [5, 5.41) is 12.6. The van der Waals surface area contributed by atoms with Gasteiger partial charge in [-0.1, -0.05) is 18.6 Å². The van der Waals surface area contributed by atoms with Crippen LogP contribution in [0.2, 0.25) is 0 Å². The maximum absolute atomic E-state index is 12.0. The molecule has 0 spiro atoms. The quantitative estimate of drug-likeness (QED) is 0.866. The van der Waals surface area contributed by atoms with E-state index in [1.807, 2.05) is 24.3 Å². The van der Waals surface area contributed by atoms with Crippen molar-refractivity contribution < 1.29 is 14.6 Å². The average molecular weight is 277 g/mol. The van der Waals surface area contributed by atoms with Gasteiger partial charge in [0, 0.05) is 19.2 Å². The van der Waals surface area contributed by atoms with Gasteiger partial charge in [-0.05, 0) is 42.9 Å². The Bertz CT molecular complexity index is 430. The maximum Gasteiger partial charge on any atom is 0.251 e. The number of carbonyl (C=O) groups is 1. The van der Waals surface area contributed by atoms with Crippen LogP contribution < -0.4 is 5.32 Å². The summed E-state index contributed by atoms with van der Waals surface area (Å²) in [5.74, 6) is 0.351. The SMILES string of the molecule is COCc1ccc(C(=O)NCC2CCCC(O)C2)cc1.